The Morgan fingerprint density at radius 2 is 2.29 bits per heavy atom. The molecule has 0 saturated heterocycles. The summed E-state index contributed by atoms with van der Waals surface area (Å²) in [5.74, 6) is 0.795. The Labute approximate surface area is 114 Å². The smallest absolute Gasteiger partial charge is 0.174 e. The van der Waals surface area contributed by atoms with Crippen LogP contribution in [-0.2, 0) is 4.74 Å². The SMILES string of the molecule is CCOC1CC(CC(=O)c2sc(C)cc2Br)C1. The molecule has 4 heteroatoms. The molecule has 0 spiro atoms. The van der Waals surface area contributed by atoms with Crippen molar-refractivity contribution in [1.82, 2.24) is 0 Å². The topological polar surface area (TPSA) is 26.3 Å². The molecule has 1 aromatic rings. The quantitative estimate of drug-likeness (QED) is 0.761. The molecule has 2 nitrogen and oxygen atoms in total. The molecule has 0 aliphatic heterocycles. The highest BCUT2D eigenvalue weighted by molar-refractivity contribution is 9.10. The van der Waals surface area contributed by atoms with E-state index in [2.05, 4.69) is 15.9 Å². The summed E-state index contributed by atoms with van der Waals surface area (Å²) >= 11 is 5.03. The minimum atomic E-state index is 0.273. The van der Waals surface area contributed by atoms with E-state index in [9.17, 15) is 4.79 Å². The van der Waals surface area contributed by atoms with E-state index in [1.54, 1.807) is 11.3 Å². The molecule has 94 valence electrons. The number of hydrogen-bond donors (Lipinski definition) is 0. The molecule has 0 atom stereocenters. The Hall–Kier alpha value is -0.190. The van der Waals surface area contributed by atoms with Crippen LogP contribution in [0.4, 0.5) is 0 Å². The number of carbonyl (C=O) groups excluding carboxylic acids is 1. The predicted octanol–water partition coefficient (Wildman–Crippen LogP) is 4.21. The second-order valence-electron chi connectivity index (χ2n) is 4.58. The Kier molecular flexibility index (Phi) is 4.39. The van der Waals surface area contributed by atoms with Crippen molar-refractivity contribution in [3.05, 3.63) is 20.3 Å². The van der Waals surface area contributed by atoms with Crippen LogP contribution in [0.25, 0.3) is 0 Å². The number of aryl methyl sites for hydroxylation is 1. The van der Waals surface area contributed by atoms with Crippen molar-refractivity contribution in [1.29, 1.82) is 0 Å². The second kappa shape index (κ2) is 5.63. The van der Waals surface area contributed by atoms with Crippen LogP contribution < -0.4 is 0 Å². The third-order valence-corrected chi connectivity index (χ3v) is 5.11. The van der Waals surface area contributed by atoms with Gasteiger partial charge in [0.2, 0.25) is 0 Å². The third kappa shape index (κ3) is 3.18. The first kappa shape index (κ1) is 13.2. The average Bonchev–Trinajstić information content (AvgIpc) is 2.54. The fourth-order valence-corrected chi connectivity index (χ4v) is 4.05. The zero-order valence-corrected chi connectivity index (χ0v) is 12.6. The van der Waals surface area contributed by atoms with Crippen LogP contribution in [0.15, 0.2) is 10.5 Å². The van der Waals surface area contributed by atoms with Gasteiger partial charge in [-0.3, -0.25) is 4.79 Å². The first-order valence-corrected chi connectivity index (χ1v) is 7.61. The predicted molar refractivity (Wildman–Crippen MR) is 73.8 cm³/mol. The molecule has 0 amide bonds. The molecular formula is C13H17BrO2S. The van der Waals surface area contributed by atoms with Gasteiger partial charge >= 0.3 is 0 Å². The second-order valence-corrected chi connectivity index (χ2v) is 6.69. The van der Waals surface area contributed by atoms with E-state index in [0.717, 1.165) is 28.8 Å². The first-order valence-electron chi connectivity index (χ1n) is 6.00. The van der Waals surface area contributed by atoms with E-state index in [-0.39, 0.29) is 5.78 Å². The largest absolute Gasteiger partial charge is 0.378 e. The average molecular weight is 317 g/mol. The summed E-state index contributed by atoms with van der Waals surface area (Å²) < 4.78 is 6.45. The van der Waals surface area contributed by atoms with Crippen LogP contribution in [-0.4, -0.2) is 18.5 Å². The highest BCUT2D eigenvalue weighted by Crippen LogP contribution is 2.36. The summed E-state index contributed by atoms with van der Waals surface area (Å²) in [5, 5.41) is 0. The van der Waals surface area contributed by atoms with E-state index < -0.39 is 0 Å². The van der Waals surface area contributed by atoms with Gasteiger partial charge in [0.15, 0.2) is 5.78 Å². The molecule has 2 rings (SSSR count). The zero-order valence-electron chi connectivity index (χ0n) is 10.2. The molecule has 0 bridgehead atoms. The molecule has 0 aromatic carbocycles. The normalized spacial score (nSPS) is 23.5. The summed E-state index contributed by atoms with van der Waals surface area (Å²) in [6.07, 6.45) is 3.15. The van der Waals surface area contributed by atoms with Crippen LogP contribution in [0.1, 0.15) is 40.7 Å². The van der Waals surface area contributed by atoms with Crippen molar-refractivity contribution in [3.8, 4) is 0 Å². The third-order valence-electron chi connectivity index (χ3n) is 3.13. The Balaban J connectivity index is 1.85. The van der Waals surface area contributed by atoms with Crippen LogP contribution in [0.5, 0.6) is 0 Å². The molecule has 1 heterocycles. The Morgan fingerprint density at radius 1 is 1.59 bits per heavy atom. The Bertz CT molecular complexity index is 408. The van der Waals surface area contributed by atoms with Gasteiger partial charge in [-0.15, -0.1) is 11.3 Å². The molecule has 1 saturated carbocycles. The lowest BCUT2D eigenvalue weighted by atomic mass is 9.79. The molecule has 1 aromatic heterocycles. The van der Waals surface area contributed by atoms with Crippen LogP contribution in [0.2, 0.25) is 0 Å². The maximum Gasteiger partial charge on any atom is 0.174 e. The minimum Gasteiger partial charge on any atom is -0.378 e. The molecular weight excluding hydrogens is 300 g/mol. The number of ketones is 1. The number of thiophene rings is 1. The van der Waals surface area contributed by atoms with Crippen molar-refractivity contribution < 1.29 is 9.53 Å². The molecule has 17 heavy (non-hydrogen) atoms. The summed E-state index contributed by atoms with van der Waals surface area (Å²) in [5.41, 5.74) is 0. The van der Waals surface area contributed by atoms with Crippen LogP contribution >= 0.6 is 27.3 Å². The van der Waals surface area contributed by atoms with Gasteiger partial charge in [0.05, 0.1) is 11.0 Å². The minimum absolute atomic E-state index is 0.273. The number of hydrogen-bond acceptors (Lipinski definition) is 3. The van der Waals surface area contributed by atoms with Crippen molar-refractivity contribution in [2.24, 2.45) is 5.92 Å². The van der Waals surface area contributed by atoms with Gasteiger partial charge in [-0.2, -0.15) is 0 Å². The lowest BCUT2D eigenvalue weighted by molar-refractivity contribution is -0.0245. The molecule has 1 fully saturated rings. The zero-order chi connectivity index (χ0) is 12.4. The van der Waals surface area contributed by atoms with Gasteiger partial charge in [0, 0.05) is 22.4 Å². The van der Waals surface area contributed by atoms with E-state index in [1.165, 1.54) is 4.88 Å². The van der Waals surface area contributed by atoms with Gasteiger partial charge in [-0.1, -0.05) is 0 Å². The monoisotopic (exact) mass is 316 g/mol. The van der Waals surface area contributed by atoms with Gasteiger partial charge in [0.25, 0.3) is 0 Å². The van der Waals surface area contributed by atoms with Gasteiger partial charge < -0.3 is 4.74 Å². The highest BCUT2D eigenvalue weighted by Gasteiger charge is 2.31. The fraction of sp³-hybridized carbons (Fsp3) is 0.615. The van der Waals surface area contributed by atoms with Crippen LogP contribution in [0.3, 0.4) is 0 Å². The lowest BCUT2D eigenvalue weighted by Crippen LogP contribution is -2.32. The van der Waals surface area contributed by atoms with Gasteiger partial charge in [0.1, 0.15) is 0 Å². The highest BCUT2D eigenvalue weighted by atomic mass is 79.9. The Morgan fingerprint density at radius 3 is 2.82 bits per heavy atom. The van der Waals surface area contributed by atoms with Crippen molar-refractivity contribution in [3.63, 3.8) is 0 Å². The van der Waals surface area contributed by atoms with E-state index >= 15 is 0 Å². The number of Topliss-reactive ketones (excluding diaryl/α,β-unsaturated/α-hetero) is 1. The standard InChI is InChI=1S/C13H17BrO2S/c1-3-16-10-5-9(6-10)7-12(15)13-11(14)4-8(2)17-13/h4,9-10H,3,5-7H2,1-2H3. The first-order chi connectivity index (χ1) is 8.10. The van der Waals surface area contributed by atoms with Crippen molar-refractivity contribution in [2.75, 3.05) is 6.61 Å². The number of carbonyl (C=O) groups is 1. The molecule has 1 aliphatic rings. The lowest BCUT2D eigenvalue weighted by Gasteiger charge is -2.34. The van der Waals surface area contributed by atoms with Gasteiger partial charge in [-0.05, 0) is 54.6 Å². The van der Waals surface area contributed by atoms with Gasteiger partial charge in [-0.25, -0.2) is 0 Å². The maximum absolute atomic E-state index is 12.1. The summed E-state index contributed by atoms with van der Waals surface area (Å²) in [6.45, 7) is 4.83. The number of ether oxygens (including phenoxy) is 1. The van der Waals surface area contributed by atoms with Crippen molar-refractivity contribution >= 4 is 33.0 Å². The molecule has 0 radical (unpaired) electrons. The van der Waals surface area contributed by atoms with E-state index in [0.29, 0.717) is 18.4 Å². The van der Waals surface area contributed by atoms with Crippen molar-refractivity contribution in [2.45, 2.75) is 39.2 Å². The molecule has 1 aliphatic carbocycles. The van der Waals surface area contributed by atoms with E-state index in [1.807, 2.05) is 19.9 Å². The number of halogens is 1. The molecule has 0 N–H and O–H groups in total. The summed E-state index contributed by atoms with van der Waals surface area (Å²) in [6, 6.07) is 2.02. The van der Waals surface area contributed by atoms with Crippen LogP contribution in [0, 0.1) is 12.8 Å². The van der Waals surface area contributed by atoms with E-state index in [4.69, 9.17) is 4.74 Å². The maximum atomic E-state index is 12.1. The summed E-state index contributed by atoms with van der Waals surface area (Å²) in [4.78, 5) is 14.1. The summed E-state index contributed by atoms with van der Waals surface area (Å²) in [7, 11) is 0. The fourth-order valence-electron chi connectivity index (χ4n) is 2.24. The molecule has 0 unspecified atom stereocenters. The number of rotatable bonds is 5.